The lowest BCUT2D eigenvalue weighted by molar-refractivity contribution is -0.139. The highest BCUT2D eigenvalue weighted by molar-refractivity contribution is 6.46. The Morgan fingerprint density at radius 1 is 1.15 bits per heavy atom. The monoisotopic (exact) mass is 446 g/mol. The van der Waals surface area contributed by atoms with Crippen LogP contribution in [0.15, 0.2) is 54.2 Å². The predicted octanol–water partition coefficient (Wildman–Crippen LogP) is 5.52. The Bertz CT molecular complexity index is 1240. The largest absolute Gasteiger partial charge is 0.507 e. The molecule has 4 rings (SSSR count). The molecule has 33 heavy (non-hydrogen) atoms. The molecule has 1 atom stereocenters. The Morgan fingerprint density at radius 3 is 2.61 bits per heavy atom. The molecule has 1 saturated heterocycles. The van der Waals surface area contributed by atoms with E-state index in [1.165, 1.54) is 0 Å². The second-order valence-corrected chi connectivity index (χ2v) is 8.62. The number of ether oxygens (including phenoxy) is 1. The highest BCUT2D eigenvalue weighted by Gasteiger charge is 2.46. The summed E-state index contributed by atoms with van der Waals surface area (Å²) in [5, 5.41) is 12.3. The number of carbonyl (C=O) groups is 2. The van der Waals surface area contributed by atoms with E-state index >= 15 is 0 Å². The van der Waals surface area contributed by atoms with Crippen molar-refractivity contribution < 1.29 is 19.4 Å². The summed E-state index contributed by atoms with van der Waals surface area (Å²) in [7, 11) is 0. The minimum absolute atomic E-state index is 0.122. The molecule has 1 amide bonds. The van der Waals surface area contributed by atoms with Crippen molar-refractivity contribution >= 4 is 28.4 Å². The van der Waals surface area contributed by atoms with E-state index in [-0.39, 0.29) is 17.3 Å². The third-order valence-electron chi connectivity index (χ3n) is 6.13. The van der Waals surface area contributed by atoms with Crippen molar-refractivity contribution in [1.82, 2.24) is 9.88 Å². The Balaban J connectivity index is 1.92. The Hall–Kier alpha value is -3.54. The summed E-state index contributed by atoms with van der Waals surface area (Å²) < 4.78 is 5.74. The summed E-state index contributed by atoms with van der Waals surface area (Å²) in [5.41, 5.74) is 3.28. The first kappa shape index (κ1) is 22.6. The van der Waals surface area contributed by atoms with Gasteiger partial charge in [0.15, 0.2) is 0 Å². The van der Waals surface area contributed by atoms with Crippen molar-refractivity contribution in [3.05, 3.63) is 70.9 Å². The van der Waals surface area contributed by atoms with E-state index in [2.05, 4.69) is 4.98 Å². The molecule has 2 aromatic carbocycles. The van der Waals surface area contributed by atoms with Crippen molar-refractivity contribution in [1.29, 1.82) is 0 Å². The first-order chi connectivity index (χ1) is 15.9. The quantitative estimate of drug-likeness (QED) is 0.284. The summed E-state index contributed by atoms with van der Waals surface area (Å²) in [6.07, 6.45) is 2.53. The Morgan fingerprint density at radius 2 is 1.91 bits per heavy atom. The number of H-pyrrole nitrogens is 1. The highest BCUT2D eigenvalue weighted by atomic mass is 16.5. The maximum absolute atomic E-state index is 13.2. The van der Waals surface area contributed by atoms with Crippen molar-refractivity contribution in [2.75, 3.05) is 13.2 Å². The number of likely N-dealkylation sites (tertiary alicyclic amines) is 1. The van der Waals surface area contributed by atoms with Gasteiger partial charge in [-0.25, -0.2) is 0 Å². The van der Waals surface area contributed by atoms with E-state index in [9.17, 15) is 14.7 Å². The third-order valence-corrected chi connectivity index (χ3v) is 6.13. The lowest BCUT2D eigenvalue weighted by Crippen LogP contribution is -2.30. The molecule has 1 aliphatic rings. The highest BCUT2D eigenvalue weighted by Crippen LogP contribution is 2.42. The summed E-state index contributed by atoms with van der Waals surface area (Å²) >= 11 is 0. The van der Waals surface area contributed by atoms with Gasteiger partial charge in [-0.1, -0.05) is 39.0 Å². The zero-order valence-corrected chi connectivity index (χ0v) is 19.5. The van der Waals surface area contributed by atoms with Crippen LogP contribution in [-0.4, -0.2) is 39.8 Å². The number of aromatic nitrogens is 1. The van der Waals surface area contributed by atoms with E-state index in [0.29, 0.717) is 25.1 Å². The van der Waals surface area contributed by atoms with E-state index in [4.69, 9.17) is 4.74 Å². The second-order valence-electron chi connectivity index (χ2n) is 8.62. The minimum Gasteiger partial charge on any atom is -0.507 e. The molecule has 2 heterocycles. The number of para-hydroxylation sites is 1. The molecule has 3 aromatic rings. The van der Waals surface area contributed by atoms with Crippen molar-refractivity contribution in [3.63, 3.8) is 0 Å². The van der Waals surface area contributed by atoms with Gasteiger partial charge in [-0.2, -0.15) is 0 Å². The number of nitrogens with zero attached hydrogens (tertiary/aromatic N) is 1. The number of hydrogen-bond acceptors (Lipinski definition) is 4. The van der Waals surface area contributed by atoms with Crippen molar-refractivity contribution in [2.24, 2.45) is 0 Å². The van der Waals surface area contributed by atoms with Crippen LogP contribution in [0.2, 0.25) is 0 Å². The van der Waals surface area contributed by atoms with Crippen LogP contribution < -0.4 is 4.74 Å². The molecule has 0 radical (unpaired) electrons. The second kappa shape index (κ2) is 9.14. The first-order valence-electron chi connectivity index (χ1n) is 11.5. The van der Waals surface area contributed by atoms with Crippen LogP contribution in [0.25, 0.3) is 16.7 Å². The SMILES string of the molecule is CCCN1C(=O)C(=O)/C(=C(/O)c2ccc(OCC)c(C(C)C)c2)C1c1c[nH]c2ccccc12. The fourth-order valence-electron chi connectivity index (χ4n) is 4.58. The number of nitrogens with one attached hydrogen (secondary N) is 1. The maximum Gasteiger partial charge on any atom is 0.295 e. The third kappa shape index (κ3) is 3.90. The zero-order valence-electron chi connectivity index (χ0n) is 19.5. The number of hydrogen-bond donors (Lipinski definition) is 2. The minimum atomic E-state index is -0.657. The molecule has 6 nitrogen and oxygen atoms in total. The molecule has 1 unspecified atom stereocenters. The number of benzene rings is 2. The van der Waals surface area contributed by atoms with Gasteiger partial charge in [-0.05, 0) is 49.1 Å². The molecule has 0 spiro atoms. The van der Waals surface area contributed by atoms with Crippen LogP contribution in [0.5, 0.6) is 5.75 Å². The molecule has 1 aliphatic heterocycles. The van der Waals surface area contributed by atoms with Gasteiger partial charge in [0.1, 0.15) is 11.5 Å². The molecule has 1 aromatic heterocycles. The lowest BCUT2D eigenvalue weighted by atomic mass is 9.93. The van der Waals surface area contributed by atoms with Crippen LogP contribution >= 0.6 is 0 Å². The molecule has 0 bridgehead atoms. The number of aliphatic hydroxyl groups excluding tert-OH is 1. The number of Topliss-reactive ketones (excluding diaryl/α,β-unsaturated/α-hetero) is 1. The zero-order chi connectivity index (χ0) is 23.7. The molecule has 0 saturated carbocycles. The van der Waals surface area contributed by atoms with E-state index in [1.54, 1.807) is 11.0 Å². The molecular weight excluding hydrogens is 416 g/mol. The number of carbonyl (C=O) groups excluding carboxylic acids is 2. The van der Waals surface area contributed by atoms with Crippen LogP contribution in [0.4, 0.5) is 0 Å². The van der Waals surface area contributed by atoms with Crippen molar-refractivity contribution in [3.8, 4) is 5.75 Å². The normalized spacial score (nSPS) is 18.0. The Labute approximate surface area is 193 Å². The fourth-order valence-corrected chi connectivity index (χ4v) is 4.58. The summed E-state index contributed by atoms with van der Waals surface area (Å²) in [6, 6.07) is 12.5. The van der Waals surface area contributed by atoms with Gasteiger partial charge in [0.05, 0.1) is 18.2 Å². The smallest absolute Gasteiger partial charge is 0.295 e. The van der Waals surface area contributed by atoms with E-state index in [0.717, 1.165) is 27.8 Å². The molecular formula is C27H30N2O4. The van der Waals surface area contributed by atoms with Gasteiger partial charge in [0.25, 0.3) is 11.7 Å². The van der Waals surface area contributed by atoms with Crippen LogP contribution in [0.3, 0.4) is 0 Å². The lowest BCUT2D eigenvalue weighted by Gasteiger charge is -2.24. The molecule has 2 N–H and O–H groups in total. The van der Waals surface area contributed by atoms with Gasteiger partial charge in [0, 0.05) is 34.8 Å². The predicted molar refractivity (Wildman–Crippen MR) is 129 cm³/mol. The summed E-state index contributed by atoms with van der Waals surface area (Å²) in [5.74, 6) is -0.484. The van der Waals surface area contributed by atoms with Gasteiger partial charge in [-0.15, -0.1) is 0 Å². The summed E-state index contributed by atoms with van der Waals surface area (Å²) in [6.45, 7) is 8.95. The Kier molecular flexibility index (Phi) is 6.27. The molecule has 0 aliphatic carbocycles. The number of aromatic amines is 1. The average molecular weight is 447 g/mol. The van der Waals surface area contributed by atoms with Crippen LogP contribution in [0.1, 0.15) is 62.8 Å². The van der Waals surface area contributed by atoms with Gasteiger partial charge < -0.3 is 19.7 Å². The van der Waals surface area contributed by atoms with Gasteiger partial charge in [0.2, 0.25) is 0 Å². The number of fused-ring (bicyclic) bond motifs is 1. The standard InChI is InChI=1S/C27H30N2O4/c1-5-13-29-24(20-15-28-21-10-8-7-9-18(20)21)23(26(31)27(29)32)25(30)17-11-12-22(33-6-2)19(14-17)16(3)4/h7-12,14-16,24,28,30H,5-6,13H2,1-4H3/b25-23+. The first-order valence-corrected chi connectivity index (χ1v) is 11.5. The number of ketones is 1. The number of rotatable bonds is 7. The molecule has 1 fully saturated rings. The summed E-state index contributed by atoms with van der Waals surface area (Å²) in [4.78, 5) is 31.0. The van der Waals surface area contributed by atoms with E-state index in [1.807, 2.05) is 70.3 Å². The van der Waals surface area contributed by atoms with Gasteiger partial charge >= 0.3 is 0 Å². The average Bonchev–Trinajstić information content (AvgIpc) is 3.33. The fraction of sp³-hybridized carbons (Fsp3) is 0.333. The number of amides is 1. The topological polar surface area (TPSA) is 82.6 Å². The van der Waals surface area contributed by atoms with Gasteiger partial charge in [-0.3, -0.25) is 9.59 Å². The molecule has 6 heteroatoms. The number of aliphatic hydroxyl groups is 1. The van der Waals surface area contributed by atoms with Crippen LogP contribution in [0, 0.1) is 0 Å². The van der Waals surface area contributed by atoms with Crippen LogP contribution in [-0.2, 0) is 9.59 Å². The van der Waals surface area contributed by atoms with E-state index < -0.39 is 17.7 Å². The van der Waals surface area contributed by atoms with Crippen molar-refractivity contribution in [2.45, 2.75) is 46.1 Å². The molecule has 172 valence electrons. The maximum atomic E-state index is 13.2.